The molecule has 0 radical (unpaired) electrons. The monoisotopic (exact) mass is 483 g/mol. The van der Waals surface area contributed by atoms with Crippen LogP contribution in [0, 0.1) is 0 Å². The van der Waals surface area contributed by atoms with Gasteiger partial charge in [0.05, 0.1) is 25.0 Å². The quantitative estimate of drug-likeness (QED) is 0.372. The fraction of sp³-hybridized carbons (Fsp3) is 0.400. The molecule has 1 unspecified atom stereocenters. The van der Waals surface area contributed by atoms with Crippen molar-refractivity contribution in [2.75, 3.05) is 19.0 Å². The van der Waals surface area contributed by atoms with E-state index < -0.39 is 0 Å². The Labute approximate surface area is 204 Å². The van der Waals surface area contributed by atoms with E-state index in [4.69, 9.17) is 10.5 Å². The molecule has 0 spiro atoms. The maximum Gasteiger partial charge on any atom is 0.225 e. The van der Waals surface area contributed by atoms with Gasteiger partial charge in [0.15, 0.2) is 0 Å². The second-order valence-corrected chi connectivity index (χ2v) is 9.41. The van der Waals surface area contributed by atoms with Gasteiger partial charge in [0.25, 0.3) is 0 Å². The number of imidazole rings is 1. The van der Waals surface area contributed by atoms with E-state index in [9.17, 15) is 9.59 Å². The van der Waals surface area contributed by atoms with Crippen LogP contribution in [0.1, 0.15) is 48.2 Å². The number of aromatic nitrogens is 2. The van der Waals surface area contributed by atoms with Crippen LogP contribution in [0.4, 0.5) is 5.00 Å². The second-order valence-electron chi connectivity index (χ2n) is 8.31. The van der Waals surface area contributed by atoms with Gasteiger partial charge in [-0.15, -0.1) is 11.3 Å². The van der Waals surface area contributed by atoms with Crippen molar-refractivity contribution in [3.05, 3.63) is 71.4 Å². The second kappa shape index (κ2) is 11.8. The summed E-state index contributed by atoms with van der Waals surface area (Å²) in [7, 11) is 1.56. The summed E-state index contributed by atoms with van der Waals surface area (Å²) in [5.74, 6) is 0.629. The van der Waals surface area contributed by atoms with Crippen LogP contribution in [0.15, 0.2) is 55.4 Å². The Hall–Kier alpha value is -3.17. The zero-order valence-electron chi connectivity index (χ0n) is 19.9. The van der Waals surface area contributed by atoms with Gasteiger partial charge in [0.2, 0.25) is 11.8 Å². The van der Waals surface area contributed by atoms with E-state index in [0.717, 1.165) is 33.0 Å². The van der Waals surface area contributed by atoms with Crippen LogP contribution >= 0.6 is 11.3 Å². The average molecular weight is 484 g/mol. The van der Waals surface area contributed by atoms with Crippen LogP contribution in [0.25, 0.3) is 0 Å². The van der Waals surface area contributed by atoms with E-state index in [2.05, 4.69) is 23.5 Å². The summed E-state index contributed by atoms with van der Waals surface area (Å²) in [6.45, 7) is 11.2. The topological polar surface area (TPSA) is 102 Å². The number of allylic oxidation sites excluding steroid dienone is 3. The van der Waals surface area contributed by atoms with E-state index in [1.807, 2.05) is 22.6 Å². The highest BCUT2D eigenvalue weighted by Gasteiger charge is 2.27. The zero-order valence-corrected chi connectivity index (χ0v) is 20.7. The number of methoxy groups -OCH3 is 1. The maximum absolute atomic E-state index is 12.9. The molecule has 2 aromatic heterocycles. The lowest BCUT2D eigenvalue weighted by Gasteiger charge is -2.28. The van der Waals surface area contributed by atoms with Gasteiger partial charge in [-0.3, -0.25) is 9.59 Å². The predicted octanol–water partition coefficient (Wildman–Crippen LogP) is 3.93. The fourth-order valence-electron chi connectivity index (χ4n) is 3.95. The van der Waals surface area contributed by atoms with E-state index in [-0.39, 0.29) is 17.9 Å². The van der Waals surface area contributed by atoms with Gasteiger partial charge < -0.3 is 25.3 Å². The molecule has 3 rings (SSSR count). The average Bonchev–Trinajstić information content (AvgIpc) is 3.48. The number of carbonyl (C=O) groups is 2. The van der Waals surface area contributed by atoms with E-state index in [0.29, 0.717) is 44.7 Å². The summed E-state index contributed by atoms with van der Waals surface area (Å²) < 4.78 is 7.09. The van der Waals surface area contributed by atoms with Crippen LogP contribution in [0.5, 0.6) is 0 Å². The lowest BCUT2D eigenvalue weighted by atomic mass is 10.0. The van der Waals surface area contributed by atoms with Crippen LogP contribution in [-0.4, -0.2) is 39.9 Å². The smallest absolute Gasteiger partial charge is 0.225 e. The van der Waals surface area contributed by atoms with Crippen molar-refractivity contribution < 1.29 is 14.3 Å². The number of nitrogens with zero attached hydrogens (tertiary/aromatic N) is 3. The minimum atomic E-state index is -0.0949. The van der Waals surface area contributed by atoms with Gasteiger partial charge in [-0.25, -0.2) is 4.98 Å². The van der Waals surface area contributed by atoms with Crippen LogP contribution in [0.3, 0.4) is 0 Å². The standard InChI is InChI=1S/C25H33N5O3S/c1-5-19(33-4)12-17(2)6-7-23(31)28-25-21(14-26)20-8-10-29(15-22(20)34-25)24(32)13-18(3)30-11-9-27-16-30/h5,9,11-12,16,18H,1-2,6-8,10,13-15,26H2,3-4H3,(H,28,31)/b19-12+. The molecule has 182 valence electrons. The number of rotatable bonds is 11. The van der Waals surface area contributed by atoms with Crippen molar-refractivity contribution in [3.63, 3.8) is 0 Å². The summed E-state index contributed by atoms with van der Waals surface area (Å²) in [5, 5.41) is 3.80. The summed E-state index contributed by atoms with van der Waals surface area (Å²) in [6.07, 6.45) is 10.7. The van der Waals surface area contributed by atoms with Crippen LogP contribution < -0.4 is 11.1 Å². The summed E-state index contributed by atoms with van der Waals surface area (Å²) in [6, 6.07) is 0.0465. The lowest BCUT2D eigenvalue weighted by molar-refractivity contribution is -0.132. The Morgan fingerprint density at radius 1 is 1.41 bits per heavy atom. The number of fused-ring (bicyclic) bond motifs is 1. The highest BCUT2D eigenvalue weighted by molar-refractivity contribution is 7.16. The molecule has 3 heterocycles. The molecule has 1 aliphatic rings. The number of amides is 2. The molecular formula is C25H33N5O3S. The Bertz CT molecular complexity index is 1070. The Morgan fingerprint density at radius 2 is 2.21 bits per heavy atom. The number of hydrogen-bond donors (Lipinski definition) is 2. The molecule has 0 saturated heterocycles. The third-order valence-electron chi connectivity index (χ3n) is 5.94. The zero-order chi connectivity index (χ0) is 24.7. The summed E-state index contributed by atoms with van der Waals surface area (Å²) >= 11 is 1.52. The van der Waals surface area contributed by atoms with Crippen molar-refractivity contribution in [1.29, 1.82) is 0 Å². The molecule has 1 atom stereocenters. The Kier molecular flexibility index (Phi) is 8.84. The predicted molar refractivity (Wildman–Crippen MR) is 135 cm³/mol. The number of ether oxygens (including phenoxy) is 1. The maximum atomic E-state index is 12.9. The fourth-order valence-corrected chi connectivity index (χ4v) is 5.26. The first-order valence-electron chi connectivity index (χ1n) is 11.3. The Balaban J connectivity index is 1.61. The molecule has 0 saturated carbocycles. The van der Waals surface area contributed by atoms with Crippen LogP contribution in [-0.2, 0) is 33.8 Å². The minimum absolute atomic E-state index is 0.0465. The molecule has 1 aliphatic heterocycles. The first-order valence-corrected chi connectivity index (χ1v) is 12.1. The molecular weight excluding hydrogens is 450 g/mol. The molecule has 0 fully saturated rings. The van der Waals surface area contributed by atoms with Gasteiger partial charge in [-0.05, 0) is 37.5 Å². The Morgan fingerprint density at radius 3 is 2.85 bits per heavy atom. The summed E-state index contributed by atoms with van der Waals surface area (Å²) in [5.41, 5.74) is 8.96. The molecule has 0 aromatic carbocycles. The number of thiophene rings is 1. The first-order chi connectivity index (χ1) is 16.4. The molecule has 2 aromatic rings. The molecule has 9 heteroatoms. The highest BCUT2D eigenvalue weighted by Crippen LogP contribution is 2.37. The molecule has 0 bridgehead atoms. The molecule has 2 amide bonds. The number of nitrogens with one attached hydrogen (secondary N) is 1. The molecule has 8 nitrogen and oxygen atoms in total. The number of carbonyl (C=O) groups excluding carboxylic acids is 2. The number of anilines is 1. The minimum Gasteiger partial charge on any atom is -0.497 e. The van der Waals surface area contributed by atoms with Gasteiger partial charge in [-0.2, -0.15) is 0 Å². The third kappa shape index (κ3) is 6.24. The number of hydrogen-bond acceptors (Lipinski definition) is 6. The van der Waals surface area contributed by atoms with E-state index in [1.54, 1.807) is 31.8 Å². The number of nitrogens with two attached hydrogens (primary N) is 1. The van der Waals surface area contributed by atoms with Gasteiger partial charge in [-0.1, -0.05) is 18.7 Å². The van der Waals surface area contributed by atoms with Crippen molar-refractivity contribution in [2.24, 2.45) is 5.73 Å². The first kappa shape index (κ1) is 25.5. The van der Waals surface area contributed by atoms with Gasteiger partial charge >= 0.3 is 0 Å². The molecule has 0 aliphatic carbocycles. The summed E-state index contributed by atoms with van der Waals surface area (Å²) in [4.78, 5) is 32.5. The SMILES string of the molecule is C=C/C(=C\C(=C)CCC(=O)Nc1sc2c(c1CN)CCN(C(=O)CC(C)n1ccnc1)C2)OC. The molecule has 3 N–H and O–H groups in total. The normalized spacial score (nSPS) is 14.3. The molecule has 34 heavy (non-hydrogen) atoms. The highest BCUT2D eigenvalue weighted by atomic mass is 32.1. The van der Waals surface area contributed by atoms with Crippen LogP contribution in [0.2, 0.25) is 0 Å². The van der Waals surface area contributed by atoms with Gasteiger partial charge in [0, 0.05) is 54.8 Å². The van der Waals surface area contributed by atoms with E-state index >= 15 is 0 Å². The van der Waals surface area contributed by atoms with Gasteiger partial charge in [0.1, 0.15) is 5.76 Å². The van der Waals surface area contributed by atoms with Crippen molar-refractivity contribution in [3.8, 4) is 0 Å². The van der Waals surface area contributed by atoms with Crippen molar-refractivity contribution >= 4 is 28.2 Å². The lowest BCUT2D eigenvalue weighted by Crippen LogP contribution is -2.36. The third-order valence-corrected chi connectivity index (χ3v) is 7.11. The largest absolute Gasteiger partial charge is 0.497 e. The van der Waals surface area contributed by atoms with Crippen molar-refractivity contribution in [2.45, 2.75) is 51.7 Å². The van der Waals surface area contributed by atoms with Crippen molar-refractivity contribution in [1.82, 2.24) is 14.5 Å². The van der Waals surface area contributed by atoms with E-state index in [1.165, 1.54) is 11.3 Å².